The van der Waals surface area contributed by atoms with Crippen LogP contribution < -0.4 is 0 Å². The van der Waals surface area contributed by atoms with Crippen LogP contribution in [-0.2, 0) is 16.1 Å². The Bertz CT molecular complexity index is 923. The highest BCUT2D eigenvalue weighted by molar-refractivity contribution is 6.30. The minimum absolute atomic E-state index is 0.147. The molecule has 3 saturated carbocycles. The molecule has 4 aliphatic rings. The maximum absolute atomic E-state index is 12.3. The van der Waals surface area contributed by atoms with Gasteiger partial charge in [-0.1, -0.05) is 49.2 Å². The van der Waals surface area contributed by atoms with E-state index in [0.717, 1.165) is 24.8 Å². The molecular formula is C28H37ClO3. The first-order chi connectivity index (χ1) is 15.1. The van der Waals surface area contributed by atoms with Crippen molar-refractivity contribution in [2.45, 2.75) is 84.5 Å². The number of hydrogen-bond acceptors (Lipinski definition) is 3. The zero-order valence-corrected chi connectivity index (χ0v) is 20.5. The average Bonchev–Trinajstić information content (AvgIpc) is 3.12. The fraction of sp³-hybridized carbons (Fsp3) is 0.679. The molecule has 7 atom stereocenters. The predicted octanol–water partition coefficient (Wildman–Crippen LogP) is 6.71. The van der Waals surface area contributed by atoms with E-state index in [2.05, 4.69) is 19.9 Å². The maximum atomic E-state index is 12.3. The SMILES string of the molecule is CC(=O)[C@H]1CCC2C3CC=C4C[C@@](O)(OCc5ccc(Cl)cc5)CC[C@]4(C)C3CC[C@@]21C. The second-order valence-corrected chi connectivity index (χ2v) is 12.0. The number of ether oxygens (including phenoxy) is 1. The second-order valence-electron chi connectivity index (χ2n) is 11.6. The zero-order chi connectivity index (χ0) is 22.7. The normalized spacial score (nSPS) is 43.1. The van der Waals surface area contributed by atoms with Gasteiger partial charge in [-0.25, -0.2) is 0 Å². The van der Waals surface area contributed by atoms with Gasteiger partial charge in [-0.3, -0.25) is 4.79 Å². The van der Waals surface area contributed by atoms with E-state index in [1.54, 1.807) is 6.92 Å². The quantitative estimate of drug-likeness (QED) is 0.404. The molecule has 0 aliphatic heterocycles. The highest BCUT2D eigenvalue weighted by Gasteiger charge is 2.60. The highest BCUT2D eigenvalue weighted by atomic mass is 35.5. The van der Waals surface area contributed by atoms with Crippen LogP contribution in [0.15, 0.2) is 35.9 Å². The first-order valence-corrected chi connectivity index (χ1v) is 12.8. The molecule has 1 aromatic rings. The number of halogens is 1. The summed E-state index contributed by atoms with van der Waals surface area (Å²) in [4.78, 5) is 12.3. The van der Waals surface area contributed by atoms with Gasteiger partial charge in [-0.15, -0.1) is 0 Å². The Morgan fingerprint density at radius 2 is 1.84 bits per heavy atom. The molecule has 0 radical (unpaired) electrons. The monoisotopic (exact) mass is 456 g/mol. The van der Waals surface area contributed by atoms with Crippen molar-refractivity contribution in [3.8, 4) is 0 Å². The number of benzene rings is 1. The molecule has 0 bridgehead atoms. The molecule has 3 fully saturated rings. The van der Waals surface area contributed by atoms with Crippen LogP contribution in [0, 0.1) is 34.5 Å². The predicted molar refractivity (Wildman–Crippen MR) is 127 cm³/mol. The number of rotatable bonds is 4. The van der Waals surface area contributed by atoms with Gasteiger partial charge in [0.05, 0.1) is 6.61 Å². The van der Waals surface area contributed by atoms with E-state index < -0.39 is 5.79 Å². The van der Waals surface area contributed by atoms with Crippen LogP contribution in [0.4, 0.5) is 0 Å². The summed E-state index contributed by atoms with van der Waals surface area (Å²) in [5.74, 6) is 1.55. The third-order valence-corrected chi connectivity index (χ3v) is 10.3. The van der Waals surface area contributed by atoms with Gasteiger partial charge in [0.15, 0.2) is 5.79 Å². The molecule has 5 rings (SSSR count). The summed E-state index contributed by atoms with van der Waals surface area (Å²) in [5, 5.41) is 12.0. The summed E-state index contributed by atoms with van der Waals surface area (Å²) in [6, 6.07) is 7.64. The van der Waals surface area contributed by atoms with Gasteiger partial charge < -0.3 is 9.84 Å². The molecule has 0 aromatic heterocycles. The molecule has 0 heterocycles. The van der Waals surface area contributed by atoms with Crippen LogP contribution in [-0.4, -0.2) is 16.7 Å². The summed E-state index contributed by atoms with van der Waals surface area (Å²) in [6.45, 7) is 7.04. The second kappa shape index (κ2) is 7.96. The van der Waals surface area contributed by atoms with Gasteiger partial charge in [0.2, 0.25) is 0 Å². The van der Waals surface area contributed by atoms with Crippen molar-refractivity contribution in [2.24, 2.45) is 34.5 Å². The number of aliphatic hydroxyl groups is 1. The third-order valence-electron chi connectivity index (χ3n) is 10.0. The van der Waals surface area contributed by atoms with Crippen LogP contribution in [0.2, 0.25) is 5.02 Å². The van der Waals surface area contributed by atoms with E-state index in [1.807, 2.05) is 24.3 Å². The van der Waals surface area contributed by atoms with Crippen LogP contribution in [0.3, 0.4) is 0 Å². The van der Waals surface area contributed by atoms with Crippen molar-refractivity contribution in [1.82, 2.24) is 0 Å². The van der Waals surface area contributed by atoms with Gasteiger partial charge in [-0.05, 0) is 91.7 Å². The molecule has 3 unspecified atom stereocenters. The number of allylic oxidation sites excluding steroid dienone is 1. The summed E-state index contributed by atoms with van der Waals surface area (Å²) in [7, 11) is 0. The summed E-state index contributed by atoms with van der Waals surface area (Å²) < 4.78 is 6.09. The average molecular weight is 457 g/mol. The molecule has 3 nitrogen and oxygen atoms in total. The Morgan fingerprint density at radius 1 is 1.09 bits per heavy atom. The number of Topliss-reactive ketones (excluding diaryl/α,β-unsaturated/α-hetero) is 1. The van der Waals surface area contributed by atoms with Crippen molar-refractivity contribution in [2.75, 3.05) is 0 Å². The Balaban J connectivity index is 1.32. The van der Waals surface area contributed by atoms with Gasteiger partial charge in [0, 0.05) is 23.8 Å². The van der Waals surface area contributed by atoms with Gasteiger partial charge >= 0.3 is 0 Å². The molecule has 1 aromatic carbocycles. The minimum atomic E-state index is -1.09. The number of carbonyl (C=O) groups is 1. The molecule has 4 heteroatoms. The highest BCUT2D eigenvalue weighted by Crippen LogP contribution is 2.66. The summed E-state index contributed by atoms with van der Waals surface area (Å²) >= 11 is 5.99. The first kappa shape index (κ1) is 22.6. The minimum Gasteiger partial charge on any atom is -0.365 e. The largest absolute Gasteiger partial charge is 0.365 e. The fourth-order valence-electron chi connectivity index (χ4n) is 8.21. The lowest BCUT2D eigenvalue weighted by molar-refractivity contribution is -0.231. The molecule has 0 saturated heterocycles. The molecule has 0 spiro atoms. The zero-order valence-electron chi connectivity index (χ0n) is 19.7. The Labute approximate surface area is 197 Å². The van der Waals surface area contributed by atoms with Gasteiger partial charge in [0.1, 0.15) is 5.78 Å². The standard InChI is InChI=1S/C28H37ClO3/c1-18(30)23-10-11-24-22-9-6-20-16-28(31,32-17-19-4-7-21(29)8-5-19)15-14-26(20,2)25(22)12-13-27(23,24)3/h4-8,22-25,31H,9-17H2,1-3H3/t22?,23-,24?,25?,26+,27-,28+/m1/s1. The number of ketones is 1. The van der Waals surface area contributed by atoms with E-state index >= 15 is 0 Å². The van der Waals surface area contributed by atoms with Crippen LogP contribution in [0.5, 0.6) is 0 Å². The van der Waals surface area contributed by atoms with Gasteiger partial charge in [0.25, 0.3) is 0 Å². The van der Waals surface area contributed by atoms with Crippen molar-refractivity contribution in [3.63, 3.8) is 0 Å². The van der Waals surface area contributed by atoms with Crippen LogP contribution in [0.1, 0.15) is 77.7 Å². The Morgan fingerprint density at radius 3 is 2.56 bits per heavy atom. The molecule has 4 aliphatic carbocycles. The lowest BCUT2D eigenvalue weighted by Crippen LogP contribution is -2.52. The third kappa shape index (κ3) is 3.60. The molecule has 32 heavy (non-hydrogen) atoms. The molecule has 0 amide bonds. The maximum Gasteiger partial charge on any atom is 0.169 e. The van der Waals surface area contributed by atoms with E-state index in [9.17, 15) is 9.90 Å². The summed E-state index contributed by atoms with van der Waals surface area (Å²) in [6.07, 6.45) is 10.4. The van der Waals surface area contributed by atoms with Crippen molar-refractivity contribution < 1.29 is 14.6 Å². The van der Waals surface area contributed by atoms with Gasteiger partial charge in [-0.2, -0.15) is 0 Å². The van der Waals surface area contributed by atoms with Crippen molar-refractivity contribution >= 4 is 17.4 Å². The van der Waals surface area contributed by atoms with E-state index in [-0.39, 0.29) is 16.7 Å². The van der Waals surface area contributed by atoms with E-state index in [4.69, 9.17) is 16.3 Å². The summed E-state index contributed by atoms with van der Waals surface area (Å²) in [5.41, 5.74) is 2.76. The molecule has 174 valence electrons. The number of hydrogen-bond donors (Lipinski definition) is 1. The number of fused-ring (bicyclic) bond motifs is 5. The Hall–Kier alpha value is -1.16. The van der Waals surface area contributed by atoms with Crippen LogP contribution >= 0.6 is 11.6 Å². The van der Waals surface area contributed by atoms with E-state index in [0.29, 0.717) is 48.0 Å². The van der Waals surface area contributed by atoms with Crippen LogP contribution in [0.25, 0.3) is 0 Å². The number of carbonyl (C=O) groups excluding carboxylic acids is 1. The molecular weight excluding hydrogens is 420 g/mol. The Kier molecular flexibility index (Phi) is 5.63. The molecule has 1 N–H and O–H groups in total. The van der Waals surface area contributed by atoms with Crippen molar-refractivity contribution in [1.29, 1.82) is 0 Å². The first-order valence-electron chi connectivity index (χ1n) is 12.5. The fourth-order valence-corrected chi connectivity index (χ4v) is 8.33. The smallest absolute Gasteiger partial charge is 0.169 e. The van der Waals surface area contributed by atoms with E-state index in [1.165, 1.54) is 24.8 Å². The lowest BCUT2D eigenvalue weighted by Gasteiger charge is -2.58. The lowest BCUT2D eigenvalue weighted by atomic mass is 9.47. The van der Waals surface area contributed by atoms with Crippen molar-refractivity contribution in [3.05, 3.63) is 46.5 Å². The topological polar surface area (TPSA) is 46.5 Å².